The molecular weight excluding hydrogens is 578 g/mol. The number of carbonyl (C=O) groups excluding carboxylic acids is 2. The van der Waals surface area contributed by atoms with Crippen LogP contribution in [-0.4, -0.2) is 43.8 Å². The van der Waals surface area contributed by atoms with E-state index in [-0.39, 0.29) is 23.4 Å². The second-order valence-corrected chi connectivity index (χ2v) is 12.5. The first-order chi connectivity index (χ1) is 18.4. The Kier molecular flexibility index (Phi) is 10.3. The molecule has 7 nitrogen and oxygen atoms in total. The number of amides is 2. The Morgan fingerprint density at radius 1 is 0.949 bits per heavy atom. The van der Waals surface area contributed by atoms with Gasteiger partial charge in [-0.2, -0.15) is 0 Å². The van der Waals surface area contributed by atoms with Gasteiger partial charge in [-0.1, -0.05) is 65.3 Å². The second-order valence-electron chi connectivity index (χ2n) is 9.69. The predicted octanol–water partition coefficient (Wildman–Crippen LogP) is 5.59. The summed E-state index contributed by atoms with van der Waals surface area (Å²) < 4.78 is 29.8. The molecule has 0 fully saturated rings. The molecule has 0 aliphatic rings. The highest BCUT2D eigenvalue weighted by Crippen LogP contribution is 2.29. The van der Waals surface area contributed by atoms with E-state index < -0.39 is 28.5 Å². The van der Waals surface area contributed by atoms with Crippen molar-refractivity contribution in [3.63, 3.8) is 0 Å². The number of nitrogens with zero attached hydrogens (tertiary/aromatic N) is 2. The average Bonchev–Trinajstić information content (AvgIpc) is 2.92. The first-order valence-corrected chi connectivity index (χ1v) is 15.2. The number of hydrogen-bond acceptors (Lipinski definition) is 4. The van der Waals surface area contributed by atoms with Gasteiger partial charge >= 0.3 is 0 Å². The molecule has 0 bridgehead atoms. The molecule has 0 unspecified atom stereocenters. The van der Waals surface area contributed by atoms with Gasteiger partial charge in [-0.25, -0.2) is 8.42 Å². The molecule has 0 saturated heterocycles. The smallest absolute Gasteiger partial charge is 0.264 e. The van der Waals surface area contributed by atoms with Gasteiger partial charge in [0.15, 0.2) is 0 Å². The third-order valence-electron chi connectivity index (χ3n) is 6.87. The Balaban J connectivity index is 2.06. The number of aryl methyl sites for hydroxylation is 1. The Bertz CT molecular complexity index is 1410. The number of carbonyl (C=O) groups is 2. The maximum atomic E-state index is 14.0. The molecule has 0 aliphatic carbocycles. The van der Waals surface area contributed by atoms with E-state index in [2.05, 4.69) is 21.2 Å². The van der Waals surface area contributed by atoms with Gasteiger partial charge < -0.3 is 10.2 Å². The Hall–Kier alpha value is -3.17. The molecule has 3 aromatic rings. The Morgan fingerprint density at radius 2 is 1.62 bits per heavy atom. The van der Waals surface area contributed by atoms with Crippen molar-refractivity contribution in [1.82, 2.24) is 10.2 Å². The summed E-state index contributed by atoms with van der Waals surface area (Å²) >= 11 is 3.46. The highest BCUT2D eigenvalue weighted by atomic mass is 79.9. The molecule has 0 aliphatic heterocycles. The van der Waals surface area contributed by atoms with Crippen molar-refractivity contribution in [1.29, 1.82) is 0 Å². The normalized spacial score (nSPS) is 12.9. The van der Waals surface area contributed by atoms with E-state index in [1.54, 1.807) is 37.3 Å². The van der Waals surface area contributed by atoms with Gasteiger partial charge in [-0.15, -0.1) is 0 Å². The average molecular weight is 615 g/mol. The number of hydrogen-bond donors (Lipinski definition) is 1. The van der Waals surface area contributed by atoms with E-state index in [0.717, 1.165) is 31.9 Å². The summed E-state index contributed by atoms with van der Waals surface area (Å²) in [5.41, 5.74) is 2.89. The number of nitrogens with one attached hydrogen (secondary N) is 1. The van der Waals surface area contributed by atoms with Crippen LogP contribution in [0.25, 0.3) is 0 Å². The fourth-order valence-electron chi connectivity index (χ4n) is 4.12. The van der Waals surface area contributed by atoms with E-state index in [1.807, 2.05) is 58.0 Å². The molecule has 0 heterocycles. The number of sulfonamides is 1. The predicted molar refractivity (Wildman–Crippen MR) is 159 cm³/mol. The lowest BCUT2D eigenvalue weighted by Gasteiger charge is -2.33. The van der Waals surface area contributed by atoms with Gasteiger partial charge in [0.2, 0.25) is 11.8 Å². The van der Waals surface area contributed by atoms with Crippen LogP contribution in [0.15, 0.2) is 82.2 Å². The minimum atomic E-state index is -4.09. The molecule has 39 heavy (non-hydrogen) atoms. The highest BCUT2D eigenvalue weighted by Gasteiger charge is 2.33. The fourth-order valence-corrected chi connectivity index (χ4v) is 6.06. The van der Waals surface area contributed by atoms with E-state index in [4.69, 9.17) is 0 Å². The summed E-state index contributed by atoms with van der Waals surface area (Å²) in [6.07, 6.45) is 0.744. The molecule has 0 spiro atoms. The minimum Gasteiger partial charge on any atom is -0.352 e. The maximum absolute atomic E-state index is 14.0. The van der Waals surface area contributed by atoms with Gasteiger partial charge in [0.1, 0.15) is 12.6 Å². The molecular formula is C30H36BrN3O4S. The van der Waals surface area contributed by atoms with Crippen molar-refractivity contribution in [3.8, 4) is 0 Å². The van der Waals surface area contributed by atoms with Gasteiger partial charge in [0.25, 0.3) is 10.0 Å². The van der Waals surface area contributed by atoms with E-state index in [9.17, 15) is 18.0 Å². The molecule has 3 aromatic carbocycles. The van der Waals surface area contributed by atoms with Crippen LogP contribution in [0.2, 0.25) is 0 Å². The van der Waals surface area contributed by atoms with Crippen LogP contribution >= 0.6 is 15.9 Å². The zero-order chi connectivity index (χ0) is 28.7. The van der Waals surface area contributed by atoms with Crippen LogP contribution in [0.4, 0.5) is 5.69 Å². The quantitative estimate of drug-likeness (QED) is 0.305. The molecule has 2 atom stereocenters. The Labute approximate surface area is 240 Å². The zero-order valence-electron chi connectivity index (χ0n) is 23.0. The molecule has 208 valence electrons. The minimum absolute atomic E-state index is 0.0623. The Morgan fingerprint density at radius 3 is 2.26 bits per heavy atom. The van der Waals surface area contributed by atoms with Crippen molar-refractivity contribution in [2.45, 2.75) is 64.6 Å². The zero-order valence-corrected chi connectivity index (χ0v) is 25.4. The van der Waals surface area contributed by atoms with Crippen LogP contribution < -0.4 is 9.62 Å². The molecule has 0 radical (unpaired) electrons. The molecule has 0 saturated carbocycles. The van der Waals surface area contributed by atoms with Crippen LogP contribution in [0.1, 0.15) is 43.9 Å². The SMILES string of the molecule is CC[C@H](C)NC(=O)[C@@H](C)N(Cc1cccc(Br)c1)C(=O)CN(c1cccc(C)c1C)S(=O)(=O)c1ccccc1. The summed E-state index contributed by atoms with van der Waals surface area (Å²) in [6, 6.07) is 20.0. The van der Waals surface area contributed by atoms with Crippen molar-refractivity contribution in [2.75, 3.05) is 10.8 Å². The standard InChI is InChI=1S/C30H36BrN3O4S/c1-6-22(3)32-30(36)24(5)33(19-25-13-11-14-26(31)18-25)29(35)20-34(28-17-10-12-21(2)23(28)4)39(37,38)27-15-8-7-9-16-27/h7-18,22,24H,6,19-20H2,1-5H3,(H,32,36)/t22-,24+/m0/s1. The molecule has 2 amide bonds. The first kappa shape index (κ1) is 30.4. The number of rotatable bonds is 11. The summed E-state index contributed by atoms with van der Waals surface area (Å²) in [6.45, 7) is 8.95. The number of anilines is 1. The van der Waals surface area contributed by atoms with Gasteiger partial charge in [0, 0.05) is 17.1 Å². The lowest BCUT2D eigenvalue weighted by molar-refractivity contribution is -0.139. The summed E-state index contributed by atoms with van der Waals surface area (Å²) in [4.78, 5) is 28.7. The molecule has 0 aromatic heterocycles. The monoisotopic (exact) mass is 613 g/mol. The first-order valence-electron chi connectivity index (χ1n) is 12.9. The second kappa shape index (κ2) is 13.3. The van der Waals surface area contributed by atoms with Crippen molar-refractivity contribution < 1.29 is 18.0 Å². The van der Waals surface area contributed by atoms with E-state index in [0.29, 0.717) is 5.69 Å². The van der Waals surface area contributed by atoms with Gasteiger partial charge in [-0.05, 0) is 81.1 Å². The fraction of sp³-hybridized carbons (Fsp3) is 0.333. The summed E-state index contributed by atoms with van der Waals surface area (Å²) in [5, 5.41) is 2.95. The van der Waals surface area contributed by atoms with Gasteiger partial charge in [-0.3, -0.25) is 13.9 Å². The van der Waals surface area contributed by atoms with E-state index >= 15 is 0 Å². The largest absolute Gasteiger partial charge is 0.352 e. The van der Waals surface area contributed by atoms with E-state index in [1.165, 1.54) is 17.0 Å². The molecule has 9 heteroatoms. The lowest BCUT2D eigenvalue weighted by Crippen LogP contribution is -2.52. The van der Waals surface area contributed by atoms with Crippen molar-refractivity contribution in [2.24, 2.45) is 0 Å². The van der Waals surface area contributed by atoms with Crippen LogP contribution in [0, 0.1) is 13.8 Å². The van der Waals surface area contributed by atoms with Crippen molar-refractivity contribution >= 4 is 43.5 Å². The highest BCUT2D eigenvalue weighted by molar-refractivity contribution is 9.10. The van der Waals surface area contributed by atoms with Gasteiger partial charge in [0.05, 0.1) is 10.6 Å². The van der Waals surface area contributed by atoms with Crippen LogP contribution in [-0.2, 0) is 26.2 Å². The number of benzene rings is 3. The maximum Gasteiger partial charge on any atom is 0.264 e. The lowest BCUT2D eigenvalue weighted by atomic mass is 10.1. The molecule has 3 rings (SSSR count). The summed E-state index contributed by atoms with van der Waals surface area (Å²) in [5.74, 6) is -0.779. The van der Waals surface area contributed by atoms with Crippen LogP contribution in [0.5, 0.6) is 0 Å². The number of halogens is 1. The third-order valence-corrected chi connectivity index (χ3v) is 9.13. The molecule has 1 N–H and O–H groups in total. The summed E-state index contributed by atoms with van der Waals surface area (Å²) in [7, 11) is -4.09. The topological polar surface area (TPSA) is 86.8 Å². The van der Waals surface area contributed by atoms with Crippen molar-refractivity contribution in [3.05, 3.63) is 94.0 Å². The third kappa shape index (κ3) is 7.48. The van der Waals surface area contributed by atoms with Crippen LogP contribution in [0.3, 0.4) is 0 Å².